The number of nitrogens with one attached hydrogen (secondary N) is 1. The summed E-state index contributed by atoms with van der Waals surface area (Å²) in [7, 11) is 0. The van der Waals surface area contributed by atoms with Crippen LogP contribution in [0.5, 0.6) is 0 Å². The van der Waals surface area contributed by atoms with Crippen LogP contribution < -0.4 is 5.32 Å². The van der Waals surface area contributed by atoms with E-state index in [9.17, 15) is 4.39 Å². The molecule has 0 saturated heterocycles. The topological polar surface area (TPSA) is 12.0 Å². The first kappa shape index (κ1) is 18.5. The smallest absolute Gasteiger partial charge is 0.123 e. The van der Waals surface area contributed by atoms with E-state index in [0.29, 0.717) is 11.8 Å². The molecule has 2 aliphatic rings. The first-order chi connectivity index (χ1) is 14.2. The van der Waals surface area contributed by atoms with Gasteiger partial charge in [0, 0.05) is 22.3 Å². The van der Waals surface area contributed by atoms with E-state index in [1.165, 1.54) is 32.8 Å². The zero-order valence-corrected chi connectivity index (χ0v) is 17.3. The maximum absolute atomic E-state index is 13.4. The van der Waals surface area contributed by atoms with Crippen molar-refractivity contribution in [2.75, 3.05) is 5.32 Å². The molecule has 0 spiro atoms. The molecule has 3 heteroatoms. The number of benzene rings is 3. The maximum Gasteiger partial charge on any atom is 0.123 e. The van der Waals surface area contributed by atoms with Crippen molar-refractivity contribution < 1.29 is 4.39 Å². The molecule has 1 aliphatic carbocycles. The molecule has 0 saturated carbocycles. The van der Waals surface area contributed by atoms with Crippen LogP contribution in [-0.2, 0) is 5.75 Å². The predicted molar refractivity (Wildman–Crippen MR) is 120 cm³/mol. The summed E-state index contributed by atoms with van der Waals surface area (Å²) >= 11 is 1.88. The molecule has 1 nitrogen and oxygen atoms in total. The van der Waals surface area contributed by atoms with Crippen molar-refractivity contribution in [3.05, 3.63) is 107 Å². The summed E-state index contributed by atoms with van der Waals surface area (Å²) in [6, 6.07) is 22.5. The molecule has 0 unspecified atom stereocenters. The van der Waals surface area contributed by atoms with Crippen molar-refractivity contribution in [3.63, 3.8) is 0 Å². The number of hydrogen-bond donors (Lipinski definition) is 1. The predicted octanol–water partition coefficient (Wildman–Crippen LogP) is 7.25. The van der Waals surface area contributed by atoms with E-state index in [2.05, 4.69) is 66.9 Å². The number of fused-ring (bicyclic) bond motifs is 3. The van der Waals surface area contributed by atoms with Gasteiger partial charge in [0.2, 0.25) is 0 Å². The van der Waals surface area contributed by atoms with Crippen molar-refractivity contribution in [1.29, 1.82) is 0 Å². The Hall–Kier alpha value is -2.52. The highest BCUT2D eigenvalue weighted by Crippen LogP contribution is 2.51. The number of thioether (sulfide) groups is 1. The summed E-state index contributed by atoms with van der Waals surface area (Å²) in [5, 5.41) is 3.80. The number of anilines is 1. The van der Waals surface area contributed by atoms with Gasteiger partial charge in [-0.3, -0.25) is 0 Å². The Morgan fingerprint density at radius 2 is 1.83 bits per heavy atom. The molecule has 3 atom stereocenters. The Morgan fingerprint density at radius 1 is 1.03 bits per heavy atom. The van der Waals surface area contributed by atoms with Crippen LogP contribution in [0.4, 0.5) is 10.1 Å². The normalized spacial score (nSPS) is 22.1. The molecule has 0 bridgehead atoms. The first-order valence-electron chi connectivity index (χ1n) is 10.2. The third kappa shape index (κ3) is 3.60. The van der Waals surface area contributed by atoms with Crippen molar-refractivity contribution in [3.8, 4) is 0 Å². The molecule has 146 valence electrons. The Labute approximate surface area is 176 Å². The summed E-state index contributed by atoms with van der Waals surface area (Å²) in [5.41, 5.74) is 6.48. The lowest BCUT2D eigenvalue weighted by molar-refractivity contribution is 0.424. The number of hydrogen-bond acceptors (Lipinski definition) is 2. The quantitative estimate of drug-likeness (QED) is 0.365. The molecule has 1 N–H and O–H groups in total. The summed E-state index contributed by atoms with van der Waals surface area (Å²) in [6.45, 7) is 2.20. The Kier molecular flexibility index (Phi) is 4.92. The fourth-order valence-corrected chi connectivity index (χ4v) is 5.58. The fourth-order valence-electron chi connectivity index (χ4n) is 4.73. The van der Waals surface area contributed by atoms with Crippen molar-refractivity contribution >= 4 is 17.4 Å². The molecule has 1 aliphatic heterocycles. The van der Waals surface area contributed by atoms with Gasteiger partial charge in [-0.1, -0.05) is 54.6 Å². The molecule has 0 aromatic heterocycles. The number of halogens is 1. The molecular formula is C26H24FNS. The third-order valence-corrected chi connectivity index (χ3v) is 7.19. The van der Waals surface area contributed by atoms with Gasteiger partial charge < -0.3 is 5.32 Å². The Bertz CT molecular complexity index is 1040. The van der Waals surface area contributed by atoms with Gasteiger partial charge in [0.1, 0.15) is 5.82 Å². The molecule has 0 fully saturated rings. The SMILES string of the molecule is Cc1cc(CSc2ccccc2)cc2c1N[C@H](c1ccc(F)cc1)[C@H]1CC=C[C@@H]21. The van der Waals surface area contributed by atoms with Crippen LogP contribution in [-0.4, -0.2) is 0 Å². The minimum Gasteiger partial charge on any atom is -0.377 e. The lowest BCUT2D eigenvalue weighted by Gasteiger charge is -2.38. The van der Waals surface area contributed by atoms with Gasteiger partial charge in [-0.15, -0.1) is 11.8 Å². The van der Waals surface area contributed by atoms with Crippen LogP contribution in [0.1, 0.15) is 40.6 Å². The van der Waals surface area contributed by atoms with Crippen LogP contribution in [0, 0.1) is 18.7 Å². The zero-order valence-electron chi connectivity index (χ0n) is 16.4. The van der Waals surface area contributed by atoms with Crippen LogP contribution in [0.3, 0.4) is 0 Å². The minimum absolute atomic E-state index is 0.178. The summed E-state index contributed by atoms with van der Waals surface area (Å²) in [5.74, 6) is 1.69. The lowest BCUT2D eigenvalue weighted by atomic mass is 9.76. The average Bonchev–Trinajstić information content (AvgIpc) is 3.24. The van der Waals surface area contributed by atoms with Gasteiger partial charge in [0.15, 0.2) is 0 Å². The first-order valence-corrected chi connectivity index (χ1v) is 11.2. The zero-order chi connectivity index (χ0) is 19.8. The van der Waals surface area contributed by atoms with Crippen LogP contribution in [0.25, 0.3) is 0 Å². The third-order valence-electron chi connectivity index (χ3n) is 6.10. The van der Waals surface area contributed by atoms with E-state index in [0.717, 1.165) is 12.2 Å². The lowest BCUT2D eigenvalue weighted by Crippen LogP contribution is -2.29. The van der Waals surface area contributed by atoms with Gasteiger partial charge in [-0.2, -0.15) is 0 Å². The highest BCUT2D eigenvalue weighted by atomic mass is 32.2. The second kappa shape index (κ2) is 7.72. The highest BCUT2D eigenvalue weighted by molar-refractivity contribution is 7.98. The number of aryl methyl sites for hydroxylation is 1. The maximum atomic E-state index is 13.4. The Morgan fingerprint density at radius 3 is 2.62 bits per heavy atom. The van der Waals surface area contributed by atoms with Crippen LogP contribution in [0.15, 0.2) is 83.8 Å². The van der Waals surface area contributed by atoms with E-state index in [1.54, 1.807) is 12.1 Å². The van der Waals surface area contributed by atoms with Gasteiger partial charge in [0.25, 0.3) is 0 Å². The largest absolute Gasteiger partial charge is 0.377 e. The fraction of sp³-hybridized carbons (Fsp3) is 0.231. The van der Waals surface area contributed by atoms with E-state index in [-0.39, 0.29) is 11.9 Å². The standard InChI is InChI=1S/C26H24FNS/c1-17-14-18(16-29-21-6-3-2-4-7-21)15-24-22-8-5-9-23(22)26(28-25(17)24)19-10-12-20(27)13-11-19/h2-8,10-15,22-23,26,28H,9,16H2,1H3/t22-,23+,26-/m1/s1. The van der Waals surface area contributed by atoms with Crippen LogP contribution >= 0.6 is 11.8 Å². The second-order valence-corrected chi connectivity index (χ2v) is 9.05. The molecule has 3 aromatic carbocycles. The summed E-state index contributed by atoms with van der Waals surface area (Å²) < 4.78 is 13.4. The average molecular weight is 402 g/mol. The van der Waals surface area contributed by atoms with Gasteiger partial charge in [-0.05, 0) is 65.8 Å². The number of allylic oxidation sites excluding steroid dienone is 2. The minimum atomic E-state index is -0.178. The van der Waals surface area contributed by atoms with E-state index in [4.69, 9.17) is 0 Å². The van der Waals surface area contributed by atoms with E-state index >= 15 is 0 Å². The molecule has 5 rings (SSSR count). The summed E-state index contributed by atoms with van der Waals surface area (Å²) in [4.78, 5) is 1.30. The van der Waals surface area contributed by atoms with Gasteiger partial charge in [0.05, 0.1) is 6.04 Å². The van der Waals surface area contributed by atoms with E-state index in [1.807, 2.05) is 23.9 Å². The monoisotopic (exact) mass is 401 g/mol. The molecule has 1 heterocycles. The van der Waals surface area contributed by atoms with E-state index < -0.39 is 0 Å². The van der Waals surface area contributed by atoms with Crippen LogP contribution in [0.2, 0.25) is 0 Å². The summed E-state index contributed by atoms with van der Waals surface area (Å²) in [6.07, 6.45) is 5.74. The highest BCUT2D eigenvalue weighted by Gasteiger charge is 2.38. The van der Waals surface area contributed by atoms with Crippen molar-refractivity contribution in [2.45, 2.75) is 36.0 Å². The van der Waals surface area contributed by atoms with Gasteiger partial charge >= 0.3 is 0 Å². The van der Waals surface area contributed by atoms with Crippen molar-refractivity contribution in [1.82, 2.24) is 0 Å². The molecule has 0 radical (unpaired) electrons. The second-order valence-electron chi connectivity index (χ2n) is 8.01. The molecule has 3 aromatic rings. The van der Waals surface area contributed by atoms with Gasteiger partial charge in [-0.25, -0.2) is 4.39 Å². The Balaban J connectivity index is 1.46. The van der Waals surface area contributed by atoms with Crippen molar-refractivity contribution in [2.24, 2.45) is 5.92 Å². The molecular weight excluding hydrogens is 377 g/mol. The number of rotatable bonds is 4. The molecule has 0 amide bonds. The molecule has 29 heavy (non-hydrogen) atoms.